The molecule has 0 aliphatic heterocycles. The Morgan fingerprint density at radius 2 is 2.00 bits per heavy atom. The lowest BCUT2D eigenvalue weighted by molar-refractivity contribution is 0.606. The van der Waals surface area contributed by atoms with E-state index in [9.17, 15) is 8.78 Å². The predicted octanol–water partition coefficient (Wildman–Crippen LogP) is 4.17. The Morgan fingerprint density at radius 3 is 2.63 bits per heavy atom. The second kappa shape index (κ2) is 9.55. The molecule has 1 fully saturated rings. The molecule has 0 spiro atoms. The fourth-order valence-corrected chi connectivity index (χ4v) is 3.47. The number of benzene rings is 2. The number of aromatic nitrogens is 2. The number of nitrogens with one attached hydrogen (secondary N) is 2. The number of hydrogen-bond donors (Lipinski definition) is 2. The summed E-state index contributed by atoms with van der Waals surface area (Å²) in [5, 5.41) is 6.53. The van der Waals surface area contributed by atoms with Gasteiger partial charge in [-0.3, -0.25) is 4.99 Å². The summed E-state index contributed by atoms with van der Waals surface area (Å²) in [6.45, 7) is 1.11. The normalized spacial score (nSPS) is 14.7. The van der Waals surface area contributed by atoms with Crippen LogP contribution >= 0.6 is 24.0 Å². The quantitative estimate of drug-likeness (QED) is 0.290. The van der Waals surface area contributed by atoms with Gasteiger partial charge in [0, 0.05) is 37.9 Å². The summed E-state index contributed by atoms with van der Waals surface area (Å²) >= 11 is 0. The number of hydrogen-bond acceptors (Lipinski definition) is 2. The Kier molecular flexibility index (Phi) is 7.06. The predicted molar refractivity (Wildman–Crippen MR) is 124 cm³/mol. The minimum absolute atomic E-state index is 0. The molecule has 0 radical (unpaired) electrons. The number of guanidine groups is 1. The first-order valence-corrected chi connectivity index (χ1v) is 9.57. The molecule has 30 heavy (non-hydrogen) atoms. The molecule has 0 atom stereocenters. The van der Waals surface area contributed by atoms with Crippen molar-refractivity contribution in [1.82, 2.24) is 20.2 Å². The van der Waals surface area contributed by atoms with Crippen molar-refractivity contribution in [3.05, 3.63) is 83.9 Å². The summed E-state index contributed by atoms with van der Waals surface area (Å²) in [7, 11) is 1.69. The van der Waals surface area contributed by atoms with Crippen LogP contribution in [-0.4, -0.2) is 29.1 Å². The van der Waals surface area contributed by atoms with Crippen LogP contribution in [0.3, 0.4) is 0 Å². The maximum absolute atomic E-state index is 14.4. The number of halogens is 3. The SMILES string of the molecule is CN=C(NCc1ccc(-n2ccnc2)c(F)c1)NCC1(c2cccc(F)c2)CC1.I. The van der Waals surface area contributed by atoms with E-state index in [4.69, 9.17) is 0 Å². The Hall–Kier alpha value is -2.49. The Morgan fingerprint density at radius 1 is 1.17 bits per heavy atom. The van der Waals surface area contributed by atoms with Gasteiger partial charge in [0.25, 0.3) is 0 Å². The van der Waals surface area contributed by atoms with Crippen LogP contribution in [0.4, 0.5) is 8.78 Å². The third kappa shape index (κ3) is 4.97. The van der Waals surface area contributed by atoms with Crippen LogP contribution in [0, 0.1) is 11.6 Å². The van der Waals surface area contributed by atoms with Crippen LogP contribution < -0.4 is 10.6 Å². The van der Waals surface area contributed by atoms with E-state index >= 15 is 0 Å². The maximum atomic E-state index is 14.4. The summed E-state index contributed by atoms with van der Waals surface area (Å²) in [4.78, 5) is 8.18. The van der Waals surface area contributed by atoms with E-state index in [-0.39, 0.29) is 41.0 Å². The molecule has 1 heterocycles. The van der Waals surface area contributed by atoms with Gasteiger partial charge in [0.2, 0.25) is 0 Å². The third-order valence-corrected chi connectivity index (χ3v) is 5.36. The van der Waals surface area contributed by atoms with E-state index in [0.29, 0.717) is 24.7 Å². The molecule has 158 valence electrons. The lowest BCUT2D eigenvalue weighted by Crippen LogP contribution is -2.40. The molecule has 0 saturated heterocycles. The van der Waals surface area contributed by atoms with Crippen molar-refractivity contribution >= 4 is 29.9 Å². The molecule has 5 nitrogen and oxygen atoms in total. The molecule has 0 unspecified atom stereocenters. The lowest BCUT2D eigenvalue weighted by atomic mass is 9.96. The van der Waals surface area contributed by atoms with Crippen LogP contribution in [0.15, 0.2) is 66.2 Å². The van der Waals surface area contributed by atoms with Gasteiger partial charge in [-0.2, -0.15) is 0 Å². The van der Waals surface area contributed by atoms with Crippen molar-refractivity contribution in [3.63, 3.8) is 0 Å². The largest absolute Gasteiger partial charge is 0.356 e. The highest BCUT2D eigenvalue weighted by molar-refractivity contribution is 14.0. The molecule has 2 N–H and O–H groups in total. The molecular formula is C22H24F2IN5. The average molecular weight is 523 g/mol. The van der Waals surface area contributed by atoms with Gasteiger partial charge in [-0.1, -0.05) is 18.2 Å². The minimum Gasteiger partial charge on any atom is -0.356 e. The van der Waals surface area contributed by atoms with Gasteiger partial charge in [0.05, 0.1) is 12.0 Å². The first-order valence-electron chi connectivity index (χ1n) is 9.57. The molecule has 8 heteroatoms. The van der Waals surface area contributed by atoms with E-state index in [2.05, 4.69) is 20.6 Å². The Labute approximate surface area is 191 Å². The first-order chi connectivity index (χ1) is 14.1. The zero-order valence-corrected chi connectivity index (χ0v) is 18.9. The second-order valence-electron chi connectivity index (χ2n) is 7.33. The summed E-state index contributed by atoms with van der Waals surface area (Å²) in [5.41, 5.74) is 2.23. The molecule has 4 rings (SSSR count). The molecule has 1 aliphatic rings. The zero-order chi connectivity index (χ0) is 20.3. The third-order valence-electron chi connectivity index (χ3n) is 5.36. The number of aliphatic imine (C=N–C) groups is 1. The molecule has 2 aromatic carbocycles. The van der Waals surface area contributed by atoms with Gasteiger partial charge < -0.3 is 15.2 Å². The first kappa shape index (κ1) is 22.2. The molecule has 3 aromatic rings. The van der Waals surface area contributed by atoms with Crippen molar-refractivity contribution in [2.75, 3.05) is 13.6 Å². The summed E-state index contributed by atoms with van der Waals surface area (Å²) in [6.07, 6.45) is 6.91. The van der Waals surface area contributed by atoms with Gasteiger partial charge in [-0.15, -0.1) is 24.0 Å². The Balaban J connectivity index is 0.00000256. The van der Waals surface area contributed by atoms with Gasteiger partial charge in [-0.05, 0) is 48.2 Å². The van der Waals surface area contributed by atoms with Crippen LogP contribution in [-0.2, 0) is 12.0 Å². The zero-order valence-electron chi connectivity index (χ0n) is 16.6. The Bertz CT molecular complexity index is 1020. The number of nitrogens with zero attached hydrogens (tertiary/aromatic N) is 3. The fraction of sp³-hybridized carbons (Fsp3) is 0.273. The van der Waals surface area contributed by atoms with Crippen molar-refractivity contribution < 1.29 is 8.78 Å². The van der Waals surface area contributed by atoms with E-state index in [0.717, 1.165) is 24.0 Å². The summed E-state index contributed by atoms with van der Waals surface area (Å²) in [6, 6.07) is 11.9. The van der Waals surface area contributed by atoms with Crippen molar-refractivity contribution in [3.8, 4) is 5.69 Å². The summed E-state index contributed by atoms with van der Waals surface area (Å²) in [5.74, 6) is 0.109. The highest BCUT2D eigenvalue weighted by Gasteiger charge is 2.44. The average Bonchev–Trinajstić information content (AvgIpc) is 3.32. The molecule has 0 amide bonds. The topological polar surface area (TPSA) is 54.2 Å². The molecular weight excluding hydrogens is 499 g/mol. The van der Waals surface area contributed by atoms with Gasteiger partial charge in [0.1, 0.15) is 11.6 Å². The standard InChI is InChI=1S/C22H23F2N5.HI/c1-25-21(28-14-22(7-8-22)17-3-2-4-18(23)12-17)27-13-16-5-6-20(19(24)11-16)29-10-9-26-15-29;/h2-6,9-12,15H,7-8,13-14H2,1H3,(H2,25,27,28);1H. The molecule has 1 aromatic heterocycles. The number of rotatable bonds is 6. The maximum Gasteiger partial charge on any atom is 0.191 e. The molecule has 0 bridgehead atoms. The van der Waals surface area contributed by atoms with Gasteiger partial charge in [0.15, 0.2) is 5.96 Å². The smallest absolute Gasteiger partial charge is 0.191 e. The van der Waals surface area contributed by atoms with Gasteiger partial charge >= 0.3 is 0 Å². The lowest BCUT2D eigenvalue weighted by Gasteiger charge is -2.19. The van der Waals surface area contributed by atoms with Crippen molar-refractivity contribution in [2.24, 2.45) is 4.99 Å². The van der Waals surface area contributed by atoms with Crippen LogP contribution in [0.2, 0.25) is 0 Å². The monoisotopic (exact) mass is 523 g/mol. The van der Waals surface area contributed by atoms with Crippen molar-refractivity contribution in [1.29, 1.82) is 0 Å². The highest BCUT2D eigenvalue weighted by atomic mass is 127. The van der Waals surface area contributed by atoms with E-state index in [1.807, 2.05) is 12.1 Å². The van der Waals surface area contributed by atoms with Crippen LogP contribution in [0.25, 0.3) is 5.69 Å². The van der Waals surface area contributed by atoms with E-state index in [1.54, 1.807) is 48.5 Å². The summed E-state index contributed by atoms with van der Waals surface area (Å²) < 4.78 is 29.6. The second-order valence-corrected chi connectivity index (χ2v) is 7.33. The van der Waals surface area contributed by atoms with E-state index < -0.39 is 0 Å². The number of imidazole rings is 1. The van der Waals surface area contributed by atoms with Crippen LogP contribution in [0.1, 0.15) is 24.0 Å². The molecule has 1 aliphatic carbocycles. The van der Waals surface area contributed by atoms with E-state index in [1.165, 1.54) is 12.1 Å². The highest BCUT2D eigenvalue weighted by Crippen LogP contribution is 2.47. The minimum atomic E-state index is -0.312. The van der Waals surface area contributed by atoms with Crippen LogP contribution in [0.5, 0.6) is 0 Å². The van der Waals surface area contributed by atoms with Crippen molar-refractivity contribution in [2.45, 2.75) is 24.8 Å². The fourth-order valence-electron chi connectivity index (χ4n) is 3.47. The van der Waals surface area contributed by atoms with Gasteiger partial charge in [-0.25, -0.2) is 13.8 Å². The molecule has 1 saturated carbocycles.